The topological polar surface area (TPSA) is 76.1 Å². The van der Waals surface area contributed by atoms with Gasteiger partial charge in [-0.15, -0.1) is 0 Å². The third-order valence-corrected chi connectivity index (χ3v) is 3.82. The van der Waals surface area contributed by atoms with Crippen LogP contribution >= 0.6 is 0 Å². The Morgan fingerprint density at radius 2 is 1.58 bits per heavy atom. The average Bonchev–Trinajstić information content (AvgIpc) is 2.72. The summed E-state index contributed by atoms with van der Waals surface area (Å²) in [7, 11) is 1.62. The third kappa shape index (κ3) is 4.80. The van der Waals surface area contributed by atoms with E-state index in [1.165, 1.54) is 12.4 Å². The average molecular weight is 348 g/mol. The van der Waals surface area contributed by atoms with E-state index in [-0.39, 0.29) is 5.91 Å². The van der Waals surface area contributed by atoms with Gasteiger partial charge in [0.1, 0.15) is 5.75 Å². The number of carbonyl (C=O) groups excluding carboxylic acids is 1. The van der Waals surface area contributed by atoms with Gasteiger partial charge < -0.3 is 15.4 Å². The lowest BCUT2D eigenvalue weighted by Gasteiger charge is -2.07. The molecule has 3 rings (SSSR count). The van der Waals surface area contributed by atoms with Crippen molar-refractivity contribution >= 4 is 11.9 Å². The van der Waals surface area contributed by atoms with Crippen molar-refractivity contribution in [3.8, 4) is 5.75 Å². The van der Waals surface area contributed by atoms with Crippen LogP contribution in [0.15, 0.2) is 67.0 Å². The predicted molar refractivity (Wildman–Crippen MR) is 100.0 cm³/mol. The number of aromatic nitrogens is 2. The van der Waals surface area contributed by atoms with Crippen LogP contribution < -0.4 is 15.4 Å². The maximum atomic E-state index is 12.2. The van der Waals surface area contributed by atoms with Crippen LogP contribution in [0.1, 0.15) is 21.5 Å². The van der Waals surface area contributed by atoms with E-state index in [1.54, 1.807) is 7.11 Å². The monoisotopic (exact) mass is 348 g/mol. The van der Waals surface area contributed by atoms with Crippen molar-refractivity contribution in [1.29, 1.82) is 0 Å². The number of nitrogens with one attached hydrogen (secondary N) is 2. The van der Waals surface area contributed by atoms with Gasteiger partial charge in [0.2, 0.25) is 5.95 Å². The number of anilines is 1. The first-order valence-corrected chi connectivity index (χ1v) is 8.25. The van der Waals surface area contributed by atoms with Crippen LogP contribution in [0.5, 0.6) is 5.75 Å². The Morgan fingerprint density at radius 3 is 2.23 bits per heavy atom. The van der Waals surface area contributed by atoms with E-state index in [4.69, 9.17) is 4.74 Å². The maximum Gasteiger partial charge on any atom is 0.254 e. The molecule has 0 spiro atoms. The molecule has 1 amide bonds. The number of methoxy groups -OCH3 is 1. The molecule has 2 aromatic carbocycles. The van der Waals surface area contributed by atoms with Gasteiger partial charge >= 0.3 is 0 Å². The second kappa shape index (κ2) is 8.62. The molecule has 0 saturated heterocycles. The minimum Gasteiger partial charge on any atom is -0.497 e. The highest BCUT2D eigenvalue weighted by Crippen LogP contribution is 2.11. The first-order valence-electron chi connectivity index (χ1n) is 8.25. The molecule has 3 aromatic rings. The highest BCUT2D eigenvalue weighted by Gasteiger charge is 2.07. The van der Waals surface area contributed by atoms with Crippen molar-refractivity contribution in [1.82, 2.24) is 15.3 Å². The van der Waals surface area contributed by atoms with Crippen molar-refractivity contribution in [3.05, 3.63) is 83.7 Å². The standard InChI is InChI=1S/C20H20N4O2/c1-26-18-9-7-16(8-10-18)11-21-19(25)17-13-23-20(24-14-17)22-12-15-5-3-2-4-6-15/h2-10,13-14H,11-12H2,1H3,(H,21,25)(H,22,23,24). The Balaban J connectivity index is 1.51. The highest BCUT2D eigenvalue weighted by molar-refractivity contribution is 5.93. The van der Waals surface area contributed by atoms with Gasteiger partial charge in [-0.1, -0.05) is 42.5 Å². The lowest BCUT2D eigenvalue weighted by atomic mass is 10.2. The van der Waals surface area contributed by atoms with Gasteiger partial charge in [0.05, 0.1) is 12.7 Å². The zero-order valence-electron chi connectivity index (χ0n) is 14.5. The molecule has 26 heavy (non-hydrogen) atoms. The molecule has 0 saturated carbocycles. The molecule has 6 nitrogen and oxygen atoms in total. The quantitative estimate of drug-likeness (QED) is 0.686. The molecule has 0 aliphatic heterocycles. The summed E-state index contributed by atoms with van der Waals surface area (Å²) in [6, 6.07) is 17.5. The summed E-state index contributed by atoms with van der Waals surface area (Å²) in [5, 5.41) is 5.98. The second-order valence-electron chi connectivity index (χ2n) is 5.67. The largest absolute Gasteiger partial charge is 0.497 e. The van der Waals surface area contributed by atoms with Crippen molar-refractivity contribution in [2.24, 2.45) is 0 Å². The minimum absolute atomic E-state index is 0.213. The molecule has 0 fully saturated rings. The first-order chi connectivity index (χ1) is 12.7. The van der Waals surface area contributed by atoms with Gasteiger partial charge in [0.15, 0.2) is 0 Å². The van der Waals surface area contributed by atoms with Gasteiger partial charge in [-0.3, -0.25) is 4.79 Å². The van der Waals surface area contributed by atoms with Crippen LogP contribution in [0.25, 0.3) is 0 Å². The summed E-state index contributed by atoms with van der Waals surface area (Å²) >= 11 is 0. The van der Waals surface area contributed by atoms with Gasteiger partial charge in [-0.25, -0.2) is 9.97 Å². The molecular formula is C20H20N4O2. The van der Waals surface area contributed by atoms with E-state index in [9.17, 15) is 4.79 Å². The fraction of sp³-hybridized carbons (Fsp3) is 0.150. The number of benzene rings is 2. The number of hydrogen-bond donors (Lipinski definition) is 2. The Labute approximate surface area is 152 Å². The first kappa shape index (κ1) is 17.4. The number of carbonyl (C=O) groups is 1. The minimum atomic E-state index is -0.213. The van der Waals surface area contributed by atoms with Crippen molar-refractivity contribution in [2.75, 3.05) is 12.4 Å². The third-order valence-electron chi connectivity index (χ3n) is 3.82. The van der Waals surface area contributed by atoms with Gasteiger partial charge in [-0.2, -0.15) is 0 Å². The maximum absolute atomic E-state index is 12.2. The zero-order valence-corrected chi connectivity index (χ0v) is 14.5. The molecule has 2 N–H and O–H groups in total. The Kier molecular flexibility index (Phi) is 5.77. The summed E-state index contributed by atoms with van der Waals surface area (Å²) in [5.41, 5.74) is 2.54. The smallest absolute Gasteiger partial charge is 0.254 e. The number of nitrogens with zero attached hydrogens (tertiary/aromatic N) is 2. The molecule has 0 aliphatic rings. The van der Waals surface area contributed by atoms with Gasteiger partial charge in [0.25, 0.3) is 5.91 Å². The van der Waals surface area contributed by atoms with Crippen molar-refractivity contribution in [2.45, 2.75) is 13.1 Å². The molecule has 6 heteroatoms. The van der Waals surface area contributed by atoms with Crippen LogP contribution in [0, 0.1) is 0 Å². The number of amides is 1. The number of hydrogen-bond acceptors (Lipinski definition) is 5. The molecule has 0 unspecified atom stereocenters. The van der Waals surface area contributed by atoms with E-state index >= 15 is 0 Å². The summed E-state index contributed by atoms with van der Waals surface area (Å²) in [4.78, 5) is 20.6. The summed E-state index contributed by atoms with van der Waals surface area (Å²) in [5.74, 6) is 1.06. The summed E-state index contributed by atoms with van der Waals surface area (Å²) in [6.07, 6.45) is 3.04. The predicted octanol–water partition coefficient (Wildman–Crippen LogP) is 3.03. The summed E-state index contributed by atoms with van der Waals surface area (Å²) in [6.45, 7) is 1.06. The fourth-order valence-electron chi connectivity index (χ4n) is 2.34. The molecule has 1 heterocycles. The van der Waals surface area contributed by atoms with Crippen LogP contribution in [-0.4, -0.2) is 23.0 Å². The normalized spacial score (nSPS) is 10.2. The zero-order chi connectivity index (χ0) is 18.2. The van der Waals surface area contributed by atoms with Crippen molar-refractivity contribution in [3.63, 3.8) is 0 Å². The lowest BCUT2D eigenvalue weighted by Crippen LogP contribution is -2.23. The lowest BCUT2D eigenvalue weighted by molar-refractivity contribution is 0.0950. The number of rotatable bonds is 7. The molecule has 1 aromatic heterocycles. The SMILES string of the molecule is COc1ccc(CNC(=O)c2cnc(NCc3ccccc3)nc2)cc1. The highest BCUT2D eigenvalue weighted by atomic mass is 16.5. The van der Waals surface area contributed by atoms with Gasteiger partial charge in [0, 0.05) is 25.5 Å². The van der Waals surface area contributed by atoms with Crippen LogP contribution in [0.2, 0.25) is 0 Å². The summed E-state index contributed by atoms with van der Waals surface area (Å²) < 4.78 is 5.11. The molecule has 0 aliphatic carbocycles. The van der Waals surface area contributed by atoms with Crippen LogP contribution in [-0.2, 0) is 13.1 Å². The number of ether oxygens (including phenoxy) is 1. The second-order valence-corrected chi connectivity index (χ2v) is 5.67. The Morgan fingerprint density at radius 1 is 0.923 bits per heavy atom. The Bertz CT molecular complexity index is 834. The fourth-order valence-corrected chi connectivity index (χ4v) is 2.34. The van der Waals surface area contributed by atoms with E-state index in [1.807, 2.05) is 54.6 Å². The molecule has 0 atom stereocenters. The molecule has 132 valence electrons. The van der Waals surface area contributed by atoms with E-state index < -0.39 is 0 Å². The molecular weight excluding hydrogens is 328 g/mol. The van der Waals surface area contributed by atoms with E-state index in [0.29, 0.717) is 24.6 Å². The van der Waals surface area contributed by atoms with Crippen molar-refractivity contribution < 1.29 is 9.53 Å². The van der Waals surface area contributed by atoms with Gasteiger partial charge in [-0.05, 0) is 23.3 Å². The van der Waals surface area contributed by atoms with E-state index in [2.05, 4.69) is 20.6 Å². The molecule has 0 bridgehead atoms. The van der Waals surface area contributed by atoms with Crippen LogP contribution in [0.4, 0.5) is 5.95 Å². The molecule has 0 radical (unpaired) electrons. The van der Waals surface area contributed by atoms with E-state index in [0.717, 1.165) is 16.9 Å². The van der Waals surface area contributed by atoms with Crippen LogP contribution in [0.3, 0.4) is 0 Å². The Hall–Kier alpha value is -3.41.